The Kier molecular flexibility index (Phi) is 6.58. The van der Waals surface area contributed by atoms with Crippen molar-refractivity contribution >= 4 is 22.6 Å². The highest BCUT2D eigenvalue weighted by molar-refractivity contribution is 5.95. The molecule has 0 aliphatic rings. The Morgan fingerprint density at radius 3 is 2.27 bits per heavy atom. The lowest BCUT2D eigenvalue weighted by atomic mass is 9.99. The summed E-state index contributed by atoms with van der Waals surface area (Å²) >= 11 is 0. The van der Waals surface area contributed by atoms with Crippen LogP contribution >= 0.6 is 0 Å². The topological polar surface area (TPSA) is 78.3 Å². The zero-order chi connectivity index (χ0) is 23.4. The van der Waals surface area contributed by atoms with Gasteiger partial charge in [0.15, 0.2) is 6.61 Å². The van der Waals surface area contributed by atoms with Gasteiger partial charge >= 0.3 is 0 Å². The average molecular weight is 445 g/mol. The minimum atomic E-state index is -0.231. The van der Waals surface area contributed by atoms with Crippen molar-refractivity contribution in [1.82, 2.24) is 15.0 Å². The van der Waals surface area contributed by atoms with Gasteiger partial charge in [0, 0.05) is 5.69 Å². The summed E-state index contributed by atoms with van der Waals surface area (Å²) in [5.74, 6) is 1.71. The SMILES string of the molecule is CC[C@@H](C)c1ccc(OCC(=O)Nc2cc3nn(-c4ccc(OC)cc4)nc3cc2C)cc1. The van der Waals surface area contributed by atoms with E-state index >= 15 is 0 Å². The number of anilines is 1. The van der Waals surface area contributed by atoms with Gasteiger partial charge in [-0.25, -0.2) is 0 Å². The zero-order valence-electron chi connectivity index (χ0n) is 19.3. The van der Waals surface area contributed by atoms with Crippen molar-refractivity contribution in [2.75, 3.05) is 19.0 Å². The fourth-order valence-corrected chi connectivity index (χ4v) is 3.50. The van der Waals surface area contributed by atoms with E-state index in [2.05, 4.69) is 29.4 Å². The van der Waals surface area contributed by atoms with Gasteiger partial charge < -0.3 is 14.8 Å². The van der Waals surface area contributed by atoms with Crippen molar-refractivity contribution in [1.29, 1.82) is 0 Å². The quantitative estimate of drug-likeness (QED) is 0.401. The molecule has 33 heavy (non-hydrogen) atoms. The third-order valence-electron chi connectivity index (χ3n) is 5.74. The Morgan fingerprint density at radius 2 is 1.64 bits per heavy atom. The summed E-state index contributed by atoms with van der Waals surface area (Å²) in [5.41, 5.74) is 5.11. The van der Waals surface area contributed by atoms with Crippen molar-refractivity contribution in [3.63, 3.8) is 0 Å². The van der Waals surface area contributed by atoms with Gasteiger partial charge in [0.05, 0.1) is 12.8 Å². The number of carbonyl (C=O) groups excluding carboxylic acids is 1. The third kappa shape index (κ3) is 5.14. The second-order valence-corrected chi connectivity index (χ2v) is 8.06. The number of aromatic nitrogens is 3. The van der Waals surface area contributed by atoms with E-state index in [4.69, 9.17) is 9.47 Å². The molecule has 0 bridgehead atoms. The van der Waals surface area contributed by atoms with Crippen LogP contribution in [0.25, 0.3) is 16.7 Å². The number of carbonyl (C=O) groups is 1. The molecule has 0 saturated carbocycles. The Morgan fingerprint density at radius 1 is 1.00 bits per heavy atom. The van der Waals surface area contributed by atoms with E-state index in [0.29, 0.717) is 22.9 Å². The highest BCUT2D eigenvalue weighted by Crippen LogP contribution is 2.24. The third-order valence-corrected chi connectivity index (χ3v) is 5.74. The van der Waals surface area contributed by atoms with Crippen LogP contribution in [0.3, 0.4) is 0 Å². The number of methoxy groups -OCH3 is 1. The maximum Gasteiger partial charge on any atom is 0.262 e. The molecule has 1 N–H and O–H groups in total. The molecule has 0 saturated heterocycles. The number of hydrogen-bond acceptors (Lipinski definition) is 5. The van der Waals surface area contributed by atoms with Crippen LogP contribution in [0.4, 0.5) is 5.69 Å². The number of rotatable bonds is 8. The van der Waals surface area contributed by atoms with Crippen LogP contribution in [0.5, 0.6) is 11.5 Å². The minimum Gasteiger partial charge on any atom is -0.497 e. The number of benzene rings is 3. The molecular formula is C26H28N4O3. The molecule has 0 unspecified atom stereocenters. The smallest absolute Gasteiger partial charge is 0.262 e. The summed E-state index contributed by atoms with van der Waals surface area (Å²) in [6.07, 6.45) is 1.08. The normalized spacial score (nSPS) is 11.9. The van der Waals surface area contributed by atoms with E-state index in [1.807, 2.05) is 67.6 Å². The summed E-state index contributed by atoms with van der Waals surface area (Å²) in [4.78, 5) is 14.1. The summed E-state index contributed by atoms with van der Waals surface area (Å²) in [6.45, 7) is 6.21. The van der Waals surface area contributed by atoms with E-state index in [-0.39, 0.29) is 12.5 Å². The Hall–Kier alpha value is -3.87. The minimum absolute atomic E-state index is 0.0707. The Bertz CT molecular complexity index is 1250. The van der Waals surface area contributed by atoms with Gasteiger partial charge in [-0.15, -0.1) is 10.2 Å². The van der Waals surface area contributed by atoms with Gasteiger partial charge in [0.1, 0.15) is 22.5 Å². The molecule has 3 aromatic carbocycles. The monoisotopic (exact) mass is 444 g/mol. The number of fused-ring (bicyclic) bond motifs is 1. The fraction of sp³-hybridized carbons (Fsp3) is 0.269. The van der Waals surface area contributed by atoms with Gasteiger partial charge in [-0.05, 0) is 78.9 Å². The molecule has 1 heterocycles. The van der Waals surface area contributed by atoms with Crippen molar-refractivity contribution in [2.24, 2.45) is 0 Å². The molecule has 4 rings (SSSR count). The lowest BCUT2D eigenvalue weighted by Crippen LogP contribution is -2.20. The fourth-order valence-electron chi connectivity index (χ4n) is 3.50. The molecule has 7 heteroatoms. The first kappa shape index (κ1) is 22.3. The van der Waals surface area contributed by atoms with Gasteiger partial charge in [0.25, 0.3) is 5.91 Å². The molecular weight excluding hydrogens is 416 g/mol. The van der Waals surface area contributed by atoms with E-state index < -0.39 is 0 Å². The molecule has 0 fully saturated rings. The van der Waals surface area contributed by atoms with E-state index in [1.165, 1.54) is 5.56 Å². The van der Waals surface area contributed by atoms with Crippen LogP contribution in [-0.2, 0) is 4.79 Å². The maximum atomic E-state index is 12.5. The van der Waals surface area contributed by atoms with Gasteiger partial charge in [-0.2, -0.15) is 4.80 Å². The van der Waals surface area contributed by atoms with Crippen molar-refractivity contribution < 1.29 is 14.3 Å². The largest absolute Gasteiger partial charge is 0.497 e. The Labute approximate surface area is 193 Å². The summed E-state index contributed by atoms with van der Waals surface area (Å²) in [6, 6.07) is 19.1. The van der Waals surface area contributed by atoms with Crippen molar-refractivity contribution in [3.05, 3.63) is 71.8 Å². The first-order valence-electron chi connectivity index (χ1n) is 11.0. The number of nitrogens with one attached hydrogen (secondary N) is 1. The molecule has 1 aromatic heterocycles. The highest BCUT2D eigenvalue weighted by atomic mass is 16.5. The van der Waals surface area contributed by atoms with Crippen LogP contribution in [0.2, 0.25) is 0 Å². The zero-order valence-corrected chi connectivity index (χ0v) is 19.3. The highest BCUT2D eigenvalue weighted by Gasteiger charge is 2.12. The summed E-state index contributed by atoms with van der Waals surface area (Å²) in [7, 11) is 1.63. The number of amides is 1. The molecule has 0 radical (unpaired) electrons. The number of aryl methyl sites for hydroxylation is 1. The molecule has 1 atom stereocenters. The maximum absolute atomic E-state index is 12.5. The molecule has 170 valence electrons. The van der Waals surface area contributed by atoms with Crippen molar-refractivity contribution in [2.45, 2.75) is 33.1 Å². The second-order valence-electron chi connectivity index (χ2n) is 8.06. The lowest BCUT2D eigenvalue weighted by Gasteiger charge is -2.11. The number of ether oxygens (including phenoxy) is 2. The second kappa shape index (κ2) is 9.73. The molecule has 7 nitrogen and oxygen atoms in total. The van der Waals surface area contributed by atoms with E-state index in [0.717, 1.165) is 28.9 Å². The van der Waals surface area contributed by atoms with Crippen LogP contribution in [0.1, 0.15) is 37.3 Å². The standard InChI is InChI=1S/C26H28N4O3/c1-5-17(2)19-6-10-22(11-7-19)33-16-26(31)27-23-15-25-24(14-18(23)3)28-30(29-25)20-8-12-21(32-4)13-9-20/h6-15,17H,5,16H2,1-4H3,(H,27,31)/t17-/m1/s1. The molecule has 1 amide bonds. The van der Waals surface area contributed by atoms with Crippen LogP contribution < -0.4 is 14.8 Å². The first-order valence-corrected chi connectivity index (χ1v) is 11.0. The van der Waals surface area contributed by atoms with Gasteiger partial charge in [-0.1, -0.05) is 26.0 Å². The first-order chi connectivity index (χ1) is 16.0. The lowest BCUT2D eigenvalue weighted by molar-refractivity contribution is -0.118. The van der Waals surface area contributed by atoms with Crippen LogP contribution in [0.15, 0.2) is 60.7 Å². The van der Waals surface area contributed by atoms with Crippen LogP contribution in [0, 0.1) is 6.92 Å². The van der Waals surface area contributed by atoms with E-state index in [9.17, 15) is 4.79 Å². The van der Waals surface area contributed by atoms with Crippen molar-refractivity contribution in [3.8, 4) is 17.2 Å². The number of hydrogen-bond donors (Lipinski definition) is 1. The molecule has 0 aliphatic carbocycles. The summed E-state index contributed by atoms with van der Waals surface area (Å²) in [5, 5.41) is 12.0. The van der Waals surface area contributed by atoms with Gasteiger partial charge in [0.2, 0.25) is 0 Å². The van der Waals surface area contributed by atoms with Gasteiger partial charge in [-0.3, -0.25) is 4.79 Å². The number of nitrogens with zero attached hydrogens (tertiary/aromatic N) is 3. The van der Waals surface area contributed by atoms with E-state index in [1.54, 1.807) is 11.9 Å². The predicted octanol–water partition coefficient (Wildman–Crippen LogP) is 5.27. The molecule has 4 aromatic rings. The van der Waals surface area contributed by atoms with Crippen LogP contribution in [-0.4, -0.2) is 34.6 Å². The average Bonchev–Trinajstić information content (AvgIpc) is 3.25. The predicted molar refractivity (Wildman–Crippen MR) is 129 cm³/mol. The Balaban J connectivity index is 1.43. The molecule has 0 spiro atoms. The summed E-state index contributed by atoms with van der Waals surface area (Å²) < 4.78 is 10.9. The molecule has 0 aliphatic heterocycles.